The van der Waals surface area contributed by atoms with Gasteiger partial charge >= 0.3 is 0 Å². The third kappa shape index (κ3) is 2.18. The van der Waals surface area contributed by atoms with Crippen LogP contribution in [0.1, 0.15) is 12.6 Å². The summed E-state index contributed by atoms with van der Waals surface area (Å²) in [4.78, 5) is 25.7. The van der Waals surface area contributed by atoms with E-state index in [1.165, 1.54) is 12.3 Å². The number of nitrogens with zero attached hydrogens (tertiary/aromatic N) is 3. The van der Waals surface area contributed by atoms with Gasteiger partial charge in [-0.3, -0.25) is 10.1 Å². The summed E-state index contributed by atoms with van der Waals surface area (Å²) < 4.78 is 7.30. The minimum atomic E-state index is -0.552. The number of carbonyl (C=O) groups is 1. The number of ether oxygens (including phenoxy) is 1. The number of aliphatic hydroxyl groups is 1. The molecule has 0 unspecified atom stereocenters. The van der Waals surface area contributed by atoms with Crippen LogP contribution >= 0.6 is 0 Å². The predicted octanol–water partition coefficient (Wildman–Crippen LogP) is 1.04. The van der Waals surface area contributed by atoms with E-state index in [0.29, 0.717) is 17.5 Å². The number of aliphatic hydroxyl groups excluding tert-OH is 1. The summed E-state index contributed by atoms with van der Waals surface area (Å²) in [6.45, 7) is -0.243. The summed E-state index contributed by atoms with van der Waals surface area (Å²) >= 11 is 0. The molecule has 21 heavy (non-hydrogen) atoms. The van der Waals surface area contributed by atoms with Crippen LogP contribution in [0, 0.1) is 16.0 Å². The maximum Gasteiger partial charge on any atom is 0.281 e. The zero-order chi connectivity index (χ0) is 15.0. The quantitative estimate of drug-likeness (QED) is 0.512. The van der Waals surface area contributed by atoms with Crippen LogP contribution in [0.3, 0.4) is 0 Å². The molecule has 8 nitrogen and oxygen atoms in total. The molecule has 2 aromatic rings. The summed E-state index contributed by atoms with van der Waals surface area (Å²) in [6.07, 6.45) is 3.17. The fourth-order valence-electron chi connectivity index (χ4n) is 2.68. The third-order valence-corrected chi connectivity index (χ3v) is 3.74. The second-order valence-electron chi connectivity index (χ2n) is 4.89. The van der Waals surface area contributed by atoms with Crippen molar-refractivity contribution in [1.82, 2.24) is 9.55 Å². The zero-order valence-electron chi connectivity index (χ0n) is 11.0. The van der Waals surface area contributed by atoms with E-state index in [9.17, 15) is 20.0 Å². The van der Waals surface area contributed by atoms with Gasteiger partial charge in [0.25, 0.3) is 5.69 Å². The number of fused-ring (bicyclic) bond motifs is 1. The first-order valence-corrected chi connectivity index (χ1v) is 6.47. The molecule has 0 aromatic carbocycles. The molecule has 3 atom stereocenters. The lowest BCUT2D eigenvalue weighted by Gasteiger charge is -2.14. The van der Waals surface area contributed by atoms with E-state index in [1.807, 2.05) is 0 Å². The smallest absolute Gasteiger partial charge is 0.281 e. The molecule has 0 saturated carbocycles. The maximum atomic E-state index is 11.0. The van der Waals surface area contributed by atoms with Crippen LogP contribution in [0.4, 0.5) is 5.69 Å². The lowest BCUT2D eigenvalue weighted by atomic mass is 10.0. The van der Waals surface area contributed by atoms with Crippen LogP contribution in [-0.4, -0.2) is 38.6 Å². The average Bonchev–Trinajstić information content (AvgIpc) is 3.09. The Balaban J connectivity index is 2.01. The van der Waals surface area contributed by atoms with Crippen LogP contribution in [0.15, 0.2) is 24.5 Å². The highest BCUT2D eigenvalue weighted by Gasteiger charge is 2.36. The number of hydrogen-bond acceptors (Lipinski definition) is 6. The van der Waals surface area contributed by atoms with E-state index >= 15 is 0 Å². The molecule has 0 amide bonds. The van der Waals surface area contributed by atoms with Crippen molar-refractivity contribution in [3.05, 3.63) is 34.6 Å². The second-order valence-corrected chi connectivity index (χ2v) is 4.89. The second kappa shape index (κ2) is 5.23. The number of nitro groups is 1. The molecule has 0 aliphatic carbocycles. The fraction of sp³-hybridized carbons (Fsp3) is 0.385. The van der Waals surface area contributed by atoms with E-state index < -0.39 is 23.2 Å². The Kier molecular flexibility index (Phi) is 3.40. The first-order valence-electron chi connectivity index (χ1n) is 6.47. The van der Waals surface area contributed by atoms with Gasteiger partial charge in [-0.25, -0.2) is 4.98 Å². The molecule has 0 spiro atoms. The van der Waals surface area contributed by atoms with Crippen molar-refractivity contribution in [1.29, 1.82) is 0 Å². The highest BCUT2D eigenvalue weighted by molar-refractivity contribution is 5.85. The molecule has 1 aliphatic rings. The molecule has 1 saturated heterocycles. The van der Waals surface area contributed by atoms with Gasteiger partial charge in [0, 0.05) is 30.8 Å². The minimum Gasteiger partial charge on any atom is -0.394 e. The lowest BCUT2D eigenvalue weighted by molar-refractivity contribution is -0.383. The van der Waals surface area contributed by atoms with E-state index in [-0.39, 0.29) is 12.3 Å². The molecule has 1 aliphatic heterocycles. The first kappa shape index (κ1) is 13.7. The molecule has 0 radical (unpaired) electrons. The molecule has 3 rings (SSSR count). The fourth-order valence-corrected chi connectivity index (χ4v) is 2.68. The molecule has 2 aromatic heterocycles. The van der Waals surface area contributed by atoms with Gasteiger partial charge in [-0.2, -0.15) is 0 Å². The molecule has 3 heterocycles. The Morgan fingerprint density at radius 1 is 1.57 bits per heavy atom. The van der Waals surface area contributed by atoms with Crippen LogP contribution in [0.25, 0.3) is 11.0 Å². The monoisotopic (exact) mass is 291 g/mol. The van der Waals surface area contributed by atoms with Crippen molar-refractivity contribution in [2.75, 3.05) is 6.61 Å². The Morgan fingerprint density at radius 3 is 3.00 bits per heavy atom. The van der Waals surface area contributed by atoms with Crippen LogP contribution in [0.2, 0.25) is 0 Å². The van der Waals surface area contributed by atoms with Crippen molar-refractivity contribution in [2.45, 2.75) is 18.8 Å². The summed E-state index contributed by atoms with van der Waals surface area (Å²) in [5.41, 5.74) is 0.403. The Hall–Kier alpha value is -2.32. The predicted molar refractivity (Wildman–Crippen MR) is 71.6 cm³/mol. The van der Waals surface area contributed by atoms with Crippen LogP contribution in [-0.2, 0) is 9.53 Å². The van der Waals surface area contributed by atoms with Gasteiger partial charge in [0.1, 0.15) is 18.2 Å². The molecular weight excluding hydrogens is 278 g/mol. The van der Waals surface area contributed by atoms with Crippen molar-refractivity contribution < 1.29 is 19.6 Å². The Bertz CT molecular complexity index is 698. The van der Waals surface area contributed by atoms with Crippen molar-refractivity contribution >= 4 is 23.0 Å². The van der Waals surface area contributed by atoms with E-state index in [1.54, 1.807) is 16.8 Å². The number of aldehydes is 1. The molecule has 0 bridgehead atoms. The average molecular weight is 291 g/mol. The molecule has 1 fully saturated rings. The minimum absolute atomic E-state index is 0.0256. The normalized spacial score (nSPS) is 25.3. The number of aromatic nitrogens is 2. The van der Waals surface area contributed by atoms with Crippen molar-refractivity contribution in [3.63, 3.8) is 0 Å². The highest BCUT2D eigenvalue weighted by atomic mass is 16.6. The number of carbonyl (C=O) groups excluding carboxylic acids is 1. The summed E-state index contributed by atoms with van der Waals surface area (Å²) in [6, 6.07) is 2.94. The lowest BCUT2D eigenvalue weighted by Crippen LogP contribution is -2.21. The summed E-state index contributed by atoms with van der Waals surface area (Å²) in [7, 11) is 0. The van der Waals surface area contributed by atoms with Gasteiger partial charge in [-0.15, -0.1) is 0 Å². The van der Waals surface area contributed by atoms with Crippen molar-refractivity contribution in [2.24, 2.45) is 5.92 Å². The molecule has 110 valence electrons. The molecular formula is C13H13N3O5. The number of pyridine rings is 1. The van der Waals surface area contributed by atoms with Crippen LogP contribution < -0.4 is 0 Å². The van der Waals surface area contributed by atoms with Gasteiger partial charge in [0.15, 0.2) is 0 Å². The zero-order valence-corrected chi connectivity index (χ0v) is 11.0. The van der Waals surface area contributed by atoms with Crippen molar-refractivity contribution in [3.8, 4) is 0 Å². The third-order valence-electron chi connectivity index (χ3n) is 3.74. The van der Waals surface area contributed by atoms with E-state index in [0.717, 1.165) is 6.29 Å². The first-order chi connectivity index (χ1) is 10.2. The van der Waals surface area contributed by atoms with Gasteiger partial charge in [-0.05, 0) is 6.07 Å². The Labute approximate surface area is 119 Å². The van der Waals surface area contributed by atoms with E-state index in [2.05, 4.69) is 4.98 Å². The number of rotatable bonds is 4. The van der Waals surface area contributed by atoms with Crippen LogP contribution in [0.5, 0.6) is 0 Å². The number of hydrogen-bond donors (Lipinski definition) is 1. The highest BCUT2D eigenvalue weighted by Crippen LogP contribution is 2.35. The van der Waals surface area contributed by atoms with Gasteiger partial charge in [0.05, 0.1) is 23.0 Å². The molecule has 1 N–H and O–H groups in total. The topological polar surface area (TPSA) is 107 Å². The summed E-state index contributed by atoms with van der Waals surface area (Å²) in [5, 5.41) is 20.6. The standard InChI is InChI=1S/C13H13N3O5/c17-6-8-5-12(21-11(8)7-18)15-4-2-9-10(16(19)20)1-3-14-13(9)15/h1-4,6,8,11-12,18H,5,7H2/t8-,11-,12-/m1/s1. The van der Waals surface area contributed by atoms with Gasteiger partial charge < -0.3 is 19.2 Å². The Morgan fingerprint density at radius 2 is 2.38 bits per heavy atom. The molecule has 8 heteroatoms. The van der Waals surface area contributed by atoms with E-state index in [4.69, 9.17) is 4.74 Å². The SMILES string of the molecule is O=C[C@H]1C[C@H](n2ccc3c([N+](=O)[O-])ccnc32)O[C@@H]1CO. The van der Waals surface area contributed by atoms with Gasteiger partial charge in [0.2, 0.25) is 0 Å². The largest absolute Gasteiger partial charge is 0.394 e. The summed E-state index contributed by atoms with van der Waals surface area (Å²) in [5.74, 6) is -0.392. The van der Waals surface area contributed by atoms with Gasteiger partial charge in [-0.1, -0.05) is 0 Å². The maximum absolute atomic E-state index is 11.0.